The van der Waals surface area contributed by atoms with Crippen molar-refractivity contribution in [3.63, 3.8) is 0 Å². The van der Waals surface area contributed by atoms with Gasteiger partial charge in [0, 0.05) is 12.1 Å². The highest BCUT2D eigenvalue weighted by Gasteiger charge is 2.13. The van der Waals surface area contributed by atoms with Gasteiger partial charge in [0.15, 0.2) is 0 Å². The van der Waals surface area contributed by atoms with Crippen molar-refractivity contribution in [3.8, 4) is 0 Å². The molecule has 0 saturated heterocycles. The Morgan fingerprint density at radius 1 is 1.25 bits per heavy atom. The molecule has 0 aromatic carbocycles. The quantitative estimate of drug-likeness (QED) is 0.623. The van der Waals surface area contributed by atoms with Crippen LogP contribution in [0.5, 0.6) is 0 Å². The van der Waals surface area contributed by atoms with E-state index in [0.29, 0.717) is 0 Å². The van der Waals surface area contributed by atoms with E-state index >= 15 is 0 Å². The number of rotatable bonds is 7. The predicted octanol–water partition coefficient (Wildman–Crippen LogP) is 1.73. The Balaban J connectivity index is 3.91. The first-order chi connectivity index (χ1) is 7.49. The predicted molar refractivity (Wildman–Crippen MR) is 62.4 cm³/mol. The largest absolute Gasteiger partial charge is 0.481 e. The Labute approximate surface area is 96.6 Å². The van der Waals surface area contributed by atoms with Gasteiger partial charge in [-0.3, -0.25) is 4.79 Å². The van der Waals surface area contributed by atoms with Crippen LogP contribution in [0.15, 0.2) is 0 Å². The second-order valence-corrected chi connectivity index (χ2v) is 4.01. The standard InChI is InChI=1S/C11H22N2O3/c1-4-6-9(5-2)13-11(16)12-8(3)7-10(14)15/h8-9H,4-7H2,1-3H3,(H,14,15)(H2,12,13,16). The zero-order valence-electron chi connectivity index (χ0n) is 10.2. The van der Waals surface area contributed by atoms with E-state index in [-0.39, 0.29) is 24.5 Å². The maximum absolute atomic E-state index is 11.5. The van der Waals surface area contributed by atoms with Crippen molar-refractivity contribution in [1.29, 1.82) is 0 Å². The van der Waals surface area contributed by atoms with E-state index in [0.717, 1.165) is 19.3 Å². The zero-order chi connectivity index (χ0) is 12.6. The van der Waals surface area contributed by atoms with E-state index in [1.165, 1.54) is 0 Å². The SMILES string of the molecule is CCCC(CC)NC(=O)NC(C)CC(=O)O. The zero-order valence-corrected chi connectivity index (χ0v) is 10.2. The molecule has 0 fully saturated rings. The molecular formula is C11H22N2O3. The minimum Gasteiger partial charge on any atom is -0.481 e. The highest BCUT2D eigenvalue weighted by atomic mass is 16.4. The third kappa shape index (κ3) is 7.09. The van der Waals surface area contributed by atoms with Gasteiger partial charge in [-0.2, -0.15) is 0 Å². The average Bonchev–Trinajstić information content (AvgIpc) is 2.15. The first-order valence-electron chi connectivity index (χ1n) is 5.78. The summed E-state index contributed by atoms with van der Waals surface area (Å²) in [6.07, 6.45) is 2.78. The van der Waals surface area contributed by atoms with Crippen molar-refractivity contribution in [2.45, 2.75) is 58.5 Å². The van der Waals surface area contributed by atoms with E-state index in [2.05, 4.69) is 17.6 Å². The molecule has 3 N–H and O–H groups in total. The van der Waals surface area contributed by atoms with Gasteiger partial charge in [-0.15, -0.1) is 0 Å². The molecule has 0 spiro atoms. The van der Waals surface area contributed by atoms with Crippen molar-refractivity contribution >= 4 is 12.0 Å². The lowest BCUT2D eigenvalue weighted by molar-refractivity contribution is -0.137. The van der Waals surface area contributed by atoms with Crippen molar-refractivity contribution in [3.05, 3.63) is 0 Å². The Bertz CT molecular complexity index is 231. The van der Waals surface area contributed by atoms with Gasteiger partial charge >= 0.3 is 12.0 Å². The van der Waals surface area contributed by atoms with Gasteiger partial charge in [0.05, 0.1) is 6.42 Å². The number of carbonyl (C=O) groups is 2. The van der Waals surface area contributed by atoms with Crippen LogP contribution in [0, 0.1) is 0 Å². The summed E-state index contributed by atoms with van der Waals surface area (Å²) in [5.74, 6) is -0.909. The van der Waals surface area contributed by atoms with E-state index in [4.69, 9.17) is 5.11 Å². The van der Waals surface area contributed by atoms with Gasteiger partial charge in [0.2, 0.25) is 0 Å². The van der Waals surface area contributed by atoms with Gasteiger partial charge in [0.25, 0.3) is 0 Å². The number of amides is 2. The number of nitrogens with one attached hydrogen (secondary N) is 2. The average molecular weight is 230 g/mol. The second kappa shape index (κ2) is 7.96. The normalized spacial score (nSPS) is 13.9. The highest BCUT2D eigenvalue weighted by molar-refractivity contribution is 5.75. The Morgan fingerprint density at radius 2 is 1.88 bits per heavy atom. The van der Waals surface area contributed by atoms with Gasteiger partial charge in [-0.25, -0.2) is 4.79 Å². The van der Waals surface area contributed by atoms with Gasteiger partial charge < -0.3 is 15.7 Å². The summed E-state index contributed by atoms with van der Waals surface area (Å²) in [6, 6.07) is -0.465. The van der Waals surface area contributed by atoms with E-state index < -0.39 is 5.97 Å². The van der Waals surface area contributed by atoms with Crippen molar-refractivity contribution in [1.82, 2.24) is 10.6 Å². The van der Waals surface area contributed by atoms with E-state index in [9.17, 15) is 9.59 Å². The minimum absolute atomic E-state index is 0.0576. The lowest BCUT2D eigenvalue weighted by Gasteiger charge is -2.18. The molecule has 0 aromatic heterocycles. The number of urea groups is 1. The molecule has 16 heavy (non-hydrogen) atoms. The first-order valence-corrected chi connectivity index (χ1v) is 5.78. The van der Waals surface area contributed by atoms with Gasteiger partial charge in [-0.1, -0.05) is 20.3 Å². The van der Waals surface area contributed by atoms with Crippen LogP contribution in [-0.2, 0) is 4.79 Å². The minimum atomic E-state index is -0.909. The fourth-order valence-corrected chi connectivity index (χ4v) is 1.49. The summed E-state index contributed by atoms with van der Waals surface area (Å²) in [5, 5.41) is 14.0. The van der Waals surface area contributed by atoms with Crippen molar-refractivity contribution in [2.75, 3.05) is 0 Å². The topological polar surface area (TPSA) is 78.4 Å². The van der Waals surface area contributed by atoms with Crippen LogP contribution in [0.4, 0.5) is 4.79 Å². The summed E-state index contributed by atoms with van der Waals surface area (Å²) in [7, 11) is 0. The number of carboxylic acids is 1. The molecule has 0 rings (SSSR count). The molecule has 0 aliphatic heterocycles. The summed E-state index contributed by atoms with van der Waals surface area (Å²) in [4.78, 5) is 21.9. The smallest absolute Gasteiger partial charge is 0.315 e. The molecular weight excluding hydrogens is 208 g/mol. The number of carbonyl (C=O) groups excluding carboxylic acids is 1. The molecule has 0 aliphatic rings. The summed E-state index contributed by atoms with van der Waals surface area (Å²) < 4.78 is 0. The number of carboxylic acid groups (broad SMARTS) is 1. The highest BCUT2D eigenvalue weighted by Crippen LogP contribution is 2.00. The number of aliphatic carboxylic acids is 1. The van der Waals surface area contributed by atoms with Crippen LogP contribution < -0.4 is 10.6 Å². The van der Waals surface area contributed by atoms with E-state index in [1.807, 2.05) is 6.92 Å². The van der Waals surface area contributed by atoms with Crippen molar-refractivity contribution in [2.24, 2.45) is 0 Å². The third-order valence-corrected chi connectivity index (χ3v) is 2.32. The Morgan fingerprint density at radius 3 is 2.31 bits per heavy atom. The monoisotopic (exact) mass is 230 g/mol. The Kier molecular flexibility index (Phi) is 7.33. The molecule has 0 heterocycles. The lowest BCUT2D eigenvalue weighted by atomic mass is 10.1. The van der Waals surface area contributed by atoms with Crippen LogP contribution in [0.25, 0.3) is 0 Å². The molecule has 5 nitrogen and oxygen atoms in total. The van der Waals surface area contributed by atoms with Gasteiger partial charge in [0.1, 0.15) is 0 Å². The summed E-state index contributed by atoms with van der Waals surface area (Å²) in [5.41, 5.74) is 0. The maximum atomic E-state index is 11.5. The van der Waals surface area contributed by atoms with Crippen LogP contribution in [0.3, 0.4) is 0 Å². The Hall–Kier alpha value is -1.26. The molecule has 2 unspecified atom stereocenters. The van der Waals surface area contributed by atoms with Crippen LogP contribution in [-0.4, -0.2) is 29.2 Å². The number of hydrogen-bond donors (Lipinski definition) is 3. The molecule has 0 aliphatic carbocycles. The summed E-state index contributed by atoms with van der Waals surface area (Å²) in [6.45, 7) is 5.76. The molecule has 94 valence electrons. The maximum Gasteiger partial charge on any atom is 0.315 e. The molecule has 0 radical (unpaired) electrons. The molecule has 0 saturated carbocycles. The third-order valence-electron chi connectivity index (χ3n) is 2.32. The number of hydrogen-bond acceptors (Lipinski definition) is 2. The lowest BCUT2D eigenvalue weighted by Crippen LogP contribution is -2.45. The molecule has 0 aromatic rings. The molecule has 2 amide bonds. The van der Waals surface area contributed by atoms with E-state index in [1.54, 1.807) is 6.92 Å². The van der Waals surface area contributed by atoms with Crippen LogP contribution in [0.2, 0.25) is 0 Å². The second-order valence-electron chi connectivity index (χ2n) is 4.01. The fraction of sp³-hybridized carbons (Fsp3) is 0.818. The van der Waals surface area contributed by atoms with Gasteiger partial charge in [-0.05, 0) is 19.8 Å². The first kappa shape index (κ1) is 14.7. The van der Waals surface area contributed by atoms with Crippen molar-refractivity contribution < 1.29 is 14.7 Å². The van der Waals surface area contributed by atoms with Crippen LogP contribution >= 0.6 is 0 Å². The summed E-state index contributed by atoms with van der Waals surface area (Å²) >= 11 is 0. The molecule has 0 bridgehead atoms. The van der Waals surface area contributed by atoms with Crippen LogP contribution in [0.1, 0.15) is 46.5 Å². The molecule has 2 atom stereocenters. The molecule has 5 heteroatoms. The fourth-order valence-electron chi connectivity index (χ4n) is 1.49.